The molecule has 0 spiro atoms. The van der Waals surface area contributed by atoms with Gasteiger partial charge in [0.1, 0.15) is 17.5 Å². The molecule has 4 N–H and O–H groups in total. The molecule has 2 heterocycles. The van der Waals surface area contributed by atoms with Gasteiger partial charge in [-0.3, -0.25) is 0 Å². The van der Waals surface area contributed by atoms with Crippen LogP contribution in [-0.4, -0.2) is 29.2 Å². The Labute approximate surface area is 114 Å². The van der Waals surface area contributed by atoms with Crippen LogP contribution >= 0.6 is 0 Å². The first kappa shape index (κ1) is 14.0. The third-order valence-corrected chi connectivity index (χ3v) is 3.36. The number of hydrogen-bond donors (Lipinski definition) is 3. The second kappa shape index (κ2) is 6.68. The van der Waals surface area contributed by atoms with Crippen LogP contribution in [0.15, 0.2) is 0 Å². The molecule has 106 valence electrons. The third kappa shape index (κ3) is 3.54. The van der Waals surface area contributed by atoms with Crippen LogP contribution < -0.4 is 16.6 Å². The number of hydrogen-bond acceptors (Lipinski definition) is 6. The van der Waals surface area contributed by atoms with Gasteiger partial charge < -0.3 is 15.5 Å². The van der Waals surface area contributed by atoms with Gasteiger partial charge in [0, 0.05) is 31.2 Å². The molecule has 1 fully saturated rings. The van der Waals surface area contributed by atoms with Crippen molar-refractivity contribution >= 4 is 11.6 Å². The third-order valence-electron chi connectivity index (χ3n) is 3.36. The van der Waals surface area contributed by atoms with E-state index in [0.29, 0.717) is 11.9 Å². The van der Waals surface area contributed by atoms with Crippen molar-refractivity contribution in [2.75, 3.05) is 24.0 Å². The highest BCUT2D eigenvalue weighted by Crippen LogP contribution is 2.22. The summed E-state index contributed by atoms with van der Waals surface area (Å²) in [7, 11) is 0. The lowest BCUT2D eigenvalue weighted by atomic mass is 10.1. The maximum absolute atomic E-state index is 5.53. The molecule has 0 bridgehead atoms. The molecule has 0 atom stereocenters. The molecule has 2 rings (SSSR count). The Bertz CT molecular complexity index is 418. The zero-order valence-corrected chi connectivity index (χ0v) is 11.7. The van der Waals surface area contributed by atoms with Crippen LogP contribution in [0.4, 0.5) is 11.6 Å². The Morgan fingerprint density at radius 3 is 2.58 bits per heavy atom. The highest BCUT2D eigenvalue weighted by Gasteiger charge is 2.17. The van der Waals surface area contributed by atoms with Crippen molar-refractivity contribution in [3.05, 3.63) is 11.4 Å². The van der Waals surface area contributed by atoms with Crippen molar-refractivity contribution in [1.29, 1.82) is 0 Å². The normalized spacial score (nSPS) is 16.4. The van der Waals surface area contributed by atoms with Crippen LogP contribution in [0.1, 0.15) is 37.6 Å². The molecule has 6 heteroatoms. The lowest BCUT2D eigenvalue weighted by Crippen LogP contribution is -2.29. The smallest absolute Gasteiger partial charge is 0.148 e. The van der Waals surface area contributed by atoms with Crippen molar-refractivity contribution in [2.24, 2.45) is 5.84 Å². The van der Waals surface area contributed by atoms with Crippen LogP contribution in [-0.2, 0) is 11.2 Å². The zero-order chi connectivity index (χ0) is 13.7. The minimum Gasteiger partial charge on any atom is -0.381 e. The lowest BCUT2D eigenvalue weighted by molar-refractivity contribution is 0.0903. The zero-order valence-electron chi connectivity index (χ0n) is 11.7. The van der Waals surface area contributed by atoms with Gasteiger partial charge in [-0.05, 0) is 26.2 Å². The molecule has 1 aliphatic rings. The Morgan fingerprint density at radius 2 is 1.95 bits per heavy atom. The van der Waals surface area contributed by atoms with Crippen molar-refractivity contribution in [3.8, 4) is 0 Å². The predicted molar refractivity (Wildman–Crippen MR) is 76.0 cm³/mol. The van der Waals surface area contributed by atoms with Crippen molar-refractivity contribution in [2.45, 2.75) is 45.6 Å². The SMILES string of the molecule is CCCc1nc(NN)c(C)c(NC2CCOCC2)n1. The van der Waals surface area contributed by atoms with Gasteiger partial charge in [0.2, 0.25) is 0 Å². The molecule has 0 amide bonds. The van der Waals surface area contributed by atoms with E-state index in [1.165, 1.54) is 0 Å². The summed E-state index contributed by atoms with van der Waals surface area (Å²) in [5.41, 5.74) is 3.62. The maximum Gasteiger partial charge on any atom is 0.148 e. The average Bonchev–Trinajstić information content (AvgIpc) is 2.43. The van der Waals surface area contributed by atoms with E-state index in [0.717, 1.165) is 56.1 Å². The van der Waals surface area contributed by atoms with Gasteiger partial charge in [-0.1, -0.05) is 6.92 Å². The van der Waals surface area contributed by atoms with E-state index in [4.69, 9.17) is 10.6 Å². The number of nitrogen functional groups attached to an aromatic ring is 1. The lowest BCUT2D eigenvalue weighted by Gasteiger charge is -2.25. The van der Waals surface area contributed by atoms with E-state index in [-0.39, 0.29) is 0 Å². The van der Waals surface area contributed by atoms with Gasteiger partial charge >= 0.3 is 0 Å². The van der Waals surface area contributed by atoms with E-state index in [1.807, 2.05) is 6.92 Å². The van der Waals surface area contributed by atoms with Crippen LogP contribution in [0.2, 0.25) is 0 Å². The first-order valence-corrected chi connectivity index (χ1v) is 6.93. The van der Waals surface area contributed by atoms with Crippen LogP contribution in [0.25, 0.3) is 0 Å². The summed E-state index contributed by atoms with van der Waals surface area (Å²) in [5, 5.41) is 3.50. The number of ether oxygens (including phenoxy) is 1. The van der Waals surface area contributed by atoms with Crippen LogP contribution in [0.5, 0.6) is 0 Å². The maximum atomic E-state index is 5.53. The van der Waals surface area contributed by atoms with Gasteiger partial charge in [-0.15, -0.1) is 0 Å². The molecule has 1 aromatic heterocycles. The van der Waals surface area contributed by atoms with Crippen molar-refractivity contribution in [1.82, 2.24) is 9.97 Å². The minimum atomic E-state index is 0.419. The monoisotopic (exact) mass is 265 g/mol. The second-order valence-corrected chi connectivity index (χ2v) is 4.89. The molecular weight excluding hydrogens is 242 g/mol. The first-order valence-electron chi connectivity index (χ1n) is 6.93. The second-order valence-electron chi connectivity index (χ2n) is 4.89. The number of hydrazine groups is 1. The Morgan fingerprint density at radius 1 is 1.26 bits per heavy atom. The van der Waals surface area contributed by atoms with Crippen LogP contribution in [0.3, 0.4) is 0 Å². The number of aryl methyl sites for hydroxylation is 1. The van der Waals surface area contributed by atoms with Crippen molar-refractivity contribution < 1.29 is 4.74 Å². The predicted octanol–water partition coefficient (Wildman–Crippen LogP) is 1.61. The summed E-state index contributed by atoms with van der Waals surface area (Å²) in [5.74, 6) is 7.95. The van der Waals surface area contributed by atoms with Crippen molar-refractivity contribution in [3.63, 3.8) is 0 Å². The molecule has 0 unspecified atom stereocenters. The van der Waals surface area contributed by atoms with Gasteiger partial charge in [0.15, 0.2) is 0 Å². The molecule has 1 saturated heterocycles. The number of anilines is 2. The topological polar surface area (TPSA) is 85.1 Å². The average molecular weight is 265 g/mol. The highest BCUT2D eigenvalue weighted by molar-refractivity contribution is 5.57. The Hall–Kier alpha value is -1.40. The summed E-state index contributed by atoms with van der Waals surface area (Å²) in [6, 6.07) is 0.419. The number of rotatable bonds is 5. The van der Waals surface area contributed by atoms with E-state index < -0.39 is 0 Å². The summed E-state index contributed by atoms with van der Waals surface area (Å²) in [6.45, 7) is 5.72. The van der Waals surface area contributed by atoms with E-state index in [2.05, 4.69) is 27.6 Å². The molecule has 0 aromatic carbocycles. The van der Waals surface area contributed by atoms with Gasteiger partial charge in [-0.25, -0.2) is 15.8 Å². The molecule has 0 radical (unpaired) electrons. The number of nitrogens with zero attached hydrogens (tertiary/aromatic N) is 2. The Kier molecular flexibility index (Phi) is 4.93. The highest BCUT2D eigenvalue weighted by atomic mass is 16.5. The summed E-state index contributed by atoms with van der Waals surface area (Å²) >= 11 is 0. The van der Waals surface area contributed by atoms with E-state index in [9.17, 15) is 0 Å². The Balaban J connectivity index is 2.18. The van der Waals surface area contributed by atoms with Gasteiger partial charge in [-0.2, -0.15) is 0 Å². The first-order chi connectivity index (χ1) is 9.24. The molecule has 6 nitrogen and oxygen atoms in total. The van der Waals surface area contributed by atoms with Gasteiger partial charge in [0.25, 0.3) is 0 Å². The summed E-state index contributed by atoms with van der Waals surface area (Å²) in [4.78, 5) is 9.03. The van der Waals surface area contributed by atoms with E-state index >= 15 is 0 Å². The largest absolute Gasteiger partial charge is 0.381 e. The number of aromatic nitrogens is 2. The number of nitrogens with one attached hydrogen (secondary N) is 2. The minimum absolute atomic E-state index is 0.419. The fraction of sp³-hybridized carbons (Fsp3) is 0.692. The standard InChI is InChI=1S/C13H23N5O/c1-3-4-11-16-12(9(2)13(17-11)18-14)15-10-5-7-19-8-6-10/h10H,3-8,14H2,1-2H3,(H2,15,16,17,18). The fourth-order valence-corrected chi connectivity index (χ4v) is 2.21. The molecular formula is C13H23N5O. The van der Waals surface area contributed by atoms with E-state index in [1.54, 1.807) is 0 Å². The molecule has 0 saturated carbocycles. The number of nitrogens with two attached hydrogens (primary N) is 1. The van der Waals surface area contributed by atoms with Gasteiger partial charge in [0.05, 0.1) is 0 Å². The fourth-order valence-electron chi connectivity index (χ4n) is 2.21. The molecule has 1 aromatic rings. The van der Waals surface area contributed by atoms with Crippen LogP contribution in [0, 0.1) is 6.92 Å². The summed E-state index contributed by atoms with van der Waals surface area (Å²) in [6.07, 6.45) is 3.90. The summed E-state index contributed by atoms with van der Waals surface area (Å²) < 4.78 is 5.37. The molecule has 0 aliphatic carbocycles. The molecule has 19 heavy (non-hydrogen) atoms. The quantitative estimate of drug-likeness (QED) is 0.554. The molecule has 1 aliphatic heterocycles.